The highest BCUT2D eigenvalue weighted by Crippen LogP contribution is 2.30. The Morgan fingerprint density at radius 3 is 2.53 bits per heavy atom. The zero-order valence-corrected chi connectivity index (χ0v) is 12.1. The van der Waals surface area contributed by atoms with Crippen molar-refractivity contribution in [3.63, 3.8) is 0 Å². The van der Waals surface area contributed by atoms with Crippen molar-refractivity contribution in [1.82, 2.24) is 5.32 Å². The molecule has 1 heterocycles. The molecular formula is C14H22ClNS. The number of nitrogens with one attached hydrogen (secondary N) is 1. The van der Waals surface area contributed by atoms with E-state index in [4.69, 9.17) is 11.6 Å². The van der Waals surface area contributed by atoms with Gasteiger partial charge in [0.1, 0.15) is 0 Å². The molecular weight excluding hydrogens is 250 g/mol. The van der Waals surface area contributed by atoms with E-state index in [-0.39, 0.29) is 0 Å². The number of thiophene rings is 1. The van der Waals surface area contributed by atoms with E-state index in [1.54, 1.807) is 11.3 Å². The fraction of sp³-hybridized carbons (Fsp3) is 0.714. The summed E-state index contributed by atoms with van der Waals surface area (Å²) in [6, 6.07) is 4.10. The maximum atomic E-state index is 5.91. The molecule has 3 heteroatoms. The maximum absolute atomic E-state index is 5.91. The zero-order chi connectivity index (χ0) is 12.1. The molecule has 1 aliphatic rings. The molecule has 0 atom stereocenters. The highest BCUT2D eigenvalue weighted by molar-refractivity contribution is 7.16. The molecule has 0 aliphatic heterocycles. The first kappa shape index (κ1) is 13.4. The van der Waals surface area contributed by atoms with E-state index in [9.17, 15) is 0 Å². The van der Waals surface area contributed by atoms with Crippen LogP contribution in [0.15, 0.2) is 12.1 Å². The molecule has 0 amide bonds. The molecule has 0 aromatic carbocycles. The van der Waals surface area contributed by atoms with Crippen molar-refractivity contribution in [3.05, 3.63) is 21.3 Å². The van der Waals surface area contributed by atoms with Gasteiger partial charge >= 0.3 is 0 Å². The standard InChI is InChI=1S/C14H22ClNS/c1-2-11-3-5-12(6-4-11)9-16-10-13-7-8-14(15)17-13/h7-8,11-12,16H,2-6,9-10H2,1H3. The third kappa shape index (κ3) is 4.27. The van der Waals surface area contributed by atoms with Crippen LogP contribution in [0.25, 0.3) is 0 Å². The average molecular weight is 272 g/mol. The van der Waals surface area contributed by atoms with Crippen molar-refractivity contribution in [3.8, 4) is 0 Å². The van der Waals surface area contributed by atoms with E-state index in [2.05, 4.69) is 18.3 Å². The Balaban J connectivity index is 1.63. The molecule has 17 heavy (non-hydrogen) atoms. The second-order valence-electron chi connectivity index (χ2n) is 5.13. The Kier molecular flexibility index (Phi) is 5.33. The molecule has 0 unspecified atom stereocenters. The molecule has 1 fully saturated rings. The molecule has 1 aromatic rings. The summed E-state index contributed by atoms with van der Waals surface area (Å²) in [5.74, 6) is 1.90. The van der Waals surface area contributed by atoms with Crippen molar-refractivity contribution in [1.29, 1.82) is 0 Å². The van der Waals surface area contributed by atoms with Gasteiger partial charge in [0.15, 0.2) is 0 Å². The molecule has 96 valence electrons. The smallest absolute Gasteiger partial charge is 0.0931 e. The molecule has 2 rings (SSSR count). The molecule has 0 saturated heterocycles. The molecule has 0 radical (unpaired) electrons. The van der Waals surface area contributed by atoms with Gasteiger partial charge in [0, 0.05) is 11.4 Å². The predicted molar refractivity (Wildman–Crippen MR) is 76.8 cm³/mol. The average Bonchev–Trinajstić information content (AvgIpc) is 2.76. The number of rotatable bonds is 5. The van der Waals surface area contributed by atoms with Gasteiger partial charge in [0.25, 0.3) is 0 Å². The van der Waals surface area contributed by atoms with E-state index >= 15 is 0 Å². The van der Waals surface area contributed by atoms with Gasteiger partial charge in [-0.3, -0.25) is 0 Å². The Morgan fingerprint density at radius 1 is 1.24 bits per heavy atom. The maximum Gasteiger partial charge on any atom is 0.0931 e. The van der Waals surface area contributed by atoms with Crippen LogP contribution in [-0.4, -0.2) is 6.54 Å². The summed E-state index contributed by atoms with van der Waals surface area (Å²) in [7, 11) is 0. The summed E-state index contributed by atoms with van der Waals surface area (Å²) in [6.07, 6.45) is 7.07. The van der Waals surface area contributed by atoms with Gasteiger partial charge in [0.05, 0.1) is 4.34 Å². The Morgan fingerprint density at radius 2 is 1.94 bits per heavy atom. The summed E-state index contributed by atoms with van der Waals surface area (Å²) in [4.78, 5) is 1.34. The van der Waals surface area contributed by atoms with Gasteiger partial charge in [0.2, 0.25) is 0 Å². The topological polar surface area (TPSA) is 12.0 Å². The van der Waals surface area contributed by atoms with E-state index in [0.717, 1.165) is 22.7 Å². The third-order valence-corrected chi connectivity index (χ3v) is 5.14. The second kappa shape index (κ2) is 6.77. The molecule has 1 saturated carbocycles. The van der Waals surface area contributed by atoms with Crippen LogP contribution in [0.2, 0.25) is 4.34 Å². The van der Waals surface area contributed by atoms with Gasteiger partial charge in [-0.05, 0) is 43.4 Å². The molecule has 1 aliphatic carbocycles. The largest absolute Gasteiger partial charge is 0.312 e. The Hall–Kier alpha value is -0.0500. The summed E-state index contributed by atoms with van der Waals surface area (Å²) in [6.45, 7) is 4.47. The third-order valence-electron chi connectivity index (χ3n) is 3.90. The van der Waals surface area contributed by atoms with Crippen LogP contribution in [0.4, 0.5) is 0 Å². The van der Waals surface area contributed by atoms with Crippen LogP contribution in [-0.2, 0) is 6.54 Å². The van der Waals surface area contributed by atoms with Crippen LogP contribution in [0.5, 0.6) is 0 Å². The van der Waals surface area contributed by atoms with Gasteiger partial charge in [-0.2, -0.15) is 0 Å². The lowest BCUT2D eigenvalue weighted by Crippen LogP contribution is -2.25. The van der Waals surface area contributed by atoms with Crippen molar-refractivity contribution in [2.75, 3.05) is 6.54 Å². The summed E-state index contributed by atoms with van der Waals surface area (Å²) < 4.78 is 0.894. The van der Waals surface area contributed by atoms with Crippen LogP contribution in [0.3, 0.4) is 0 Å². The van der Waals surface area contributed by atoms with Gasteiger partial charge in [-0.25, -0.2) is 0 Å². The monoisotopic (exact) mass is 271 g/mol. The lowest BCUT2D eigenvalue weighted by Gasteiger charge is -2.27. The van der Waals surface area contributed by atoms with Crippen LogP contribution in [0.1, 0.15) is 43.9 Å². The van der Waals surface area contributed by atoms with Crippen LogP contribution in [0, 0.1) is 11.8 Å². The Labute approximate surface area is 114 Å². The SMILES string of the molecule is CCC1CCC(CNCc2ccc(Cl)s2)CC1. The number of hydrogen-bond donors (Lipinski definition) is 1. The minimum atomic E-state index is 0.894. The highest BCUT2D eigenvalue weighted by Gasteiger charge is 2.19. The van der Waals surface area contributed by atoms with Crippen molar-refractivity contribution >= 4 is 22.9 Å². The fourth-order valence-corrected chi connectivity index (χ4v) is 3.75. The second-order valence-corrected chi connectivity index (χ2v) is 6.93. The summed E-state index contributed by atoms with van der Waals surface area (Å²) in [5, 5.41) is 3.57. The predicted octanol–water partition coefficient (Wildman–Crippen LogP) is 4.71. The number of hydrogen-bond acceptors (Lipinski definition) is 2. The zero-order valence-electron chi connectivity index (χ0n) is 10.5. The minimum Gasteiger partial charge on any atom is -0.312 e. The fourth-order valence-electron chi connectivity index (χ4n) is 2.69. The van der Waals surface area contributed by atoms with Crippen molar-refractivity contribution in [2.45, 2.75) is 45.6 Å². The van der Waals surface area contributed by atoms with E-state index < -0.39 is 0 Å². The van der Waals surface area contributed by atoms with Gasteiger partial charge < -0.3 is 5.32 Å². The minimum absolute atomic E-state index is 0.894. The first-order valence-electron chi connectivity index (χ1n) is 6.73. The molecule has 1 N–H and O–H groups in total. The van der Waals surface area contributed by atoms with E-state index in [1.165, 1.54) is 43.5 Å². The molecule has 1 aromatic heterocycles. The first-order chi connectivity index (χ1) is 8.28. The van der Waals surface area contributed by atoms with Crippen LogP contribution >= 0.6 is 22.9 Å². The lowest BCUT2D eigenvalue weighted by atomic mass is 9.81. The number of halogens is 1. The van der Waals surface area contributed by atoms with E-state index in [1.807, 2.05) is 6.07 Å². The molecule has 1 nitrogen and oxygen atoms in total. The first-order valence-corrected chi connectivity index (χ1v) is 7.92. The van der Waals surface area contributed by atoms with Gasteiger partial charge in [-0.1, -0.05) is 37.8 Å². The molecule has 0 bridgehead atoms. The summed E-state index contributed by atoms with van der Waals surface area (Å²) in [5.41, 5.74) is 0. The Bertz CT molecular complexity index is 329. The highest BCUT2D eigenvalue weighted by atomic mass is 35.5. The van der Waals surface area contributed by atoms with E-state index in [0.29, 0.717) is 0 Å². The normalized spacial score (nSPS) is 25.1. The summed E-state index contributed by atoms with van der Waals surface area (Å²) >= 11 is 7.59. The van der Waals surface area contributed by atoms with Crippen molar-refractivity contribution < 1.29 is 0 Å². The van der Waals surface area contributed by atoms with Gasteiger partial charge in [-0.15, -0.1) is 11.3 Å². The van der Waals surface area contributed by atoms with Crippen molar-refractivity contribution in [2.24, 2.45) is 11.8 Å². The molecule has 0 spiro atoms. The lowest BCUT2D eigenvalue weighted by molar-refractivity contribution is 0.262. The van der Waals surface area contributed by atoms with Crippen LogP contribution < -0.4 is 5.32 Å². The quantitative estimate of drug-likeness (QED) is 0.818.